The second kappa shape index (κ2) is 7.27. The van der Waals surface area contributed by atoms with Gasteiger partial charge in [-0.15, -0.1) is 0 Å². The minimum atomic E-state index is -0.699. The molecule has 1 N–H and O–H groups in total. The molecular formula is C21H23ClFNO3. The van der Waals surface area contributed by atoms with Crippen LogP contribution in [-0.4, -0.2) is 24.0 Å². The highest BCUT2D eigenvalue weighted by Gasteiger charge is 2.51. The number of hydrogen-bond acceptors (Lipinski definition) is 3. The number of benzene rings is 1. The van der Waals surface area contributed by atoms with Crippen LogP contribution in [0.4, 0.5) is 4.39 Å². The molecule has 4 aliphatic carbocycles. The van der Waals surface area contributed by atoms with Crippen molar-refractivity contribution in [2.75, 3.05) is 6.61 Å². The fourth-order valence-corrected chi connectivity index (χ4v) is 5.83. The molecular weight excluding hydrogens is 369 g/mol. The third-order valence-electron chi connectivity index (χ3n) is 6.17. The van der Waals surface area contributed by atoms with Gasteiger partial charge in [-0.2, -0.15) is 0 Å². The van der Waals surface area contributed by atoms with Crippen molar-refractivity contribution in [3.63, 3.8) is 0 Å². The van der Waals surface area contributed by atoms with Gasteiger partial charge in [0.1, 0.15) is 5.82 Å². The maximum Gasteiger partial charge on any atom is 0.331 e. The molecule has 0 spiro atoms. The first-order chi connectivity index (χ1) is 12.9. The molecule has 4 aliphatic rings. The predicted octanol–water partition coefficient (Wildman–Crippen LogP) is 4.12. The molecule has 0 heterocycles. The van der Waals surface area contributed by atoms with E-state index in [1.807, 2.05) is 0 Å². The van der Waals surface area contributed by atoms with E-state index >= 15 is 0 Å². The molecule has 4 bridgehead atoms. The van der Waals surface area contributed by atoms with Gasteiger partial charge in [0.15, 0.2) is 6.61 Å². The largest absolute Gasteiger partial charge is 0.452 e. The molecule has 1 aromatic carbocycles. The van der Waals surface area contributed by atoms with Crippen LogP contribution in [0.5, 0.6) is 0 Å². The molecule has 144 valence electrons. The van der Waals surface area contributed by atoms with Crippen LogP contribution in [0.15, 0.2) is 24.3 Å². The number of hydrogen-bond donors (Lipinski definition) is 1. The van der Waals surface area contributed by atoms with Crippen LogP contribution in [0.2, 0.25) is 5.02 Å². The van der Waals surface area contributed by atoms with Crippen molar-refractivity contribution in [3.05, 3.63) is 40.7 Å². The SMILES string of the molecule is O=C(COC(=O)/C=C/c1c(F)cccc1Cl)NC12CC3CC(CC(C3)C1)C2. The summed E-state index contributed by atoms with van der Waals surface area (Å²) in [5, 5.41) is 3.36. The Morgan fingerprint density at radius 2 is 1.81 bits per heavy atom. The van der Waals surface area contributed by atoms with Gasteiger partial charge in [-0.1, -0.05) is 17.7 Å². The molecule has 4 saturated carbocycles. The Hall–Kier alpha value is -1.88. The van der Waals surface area contributed by atoms with E-state index in [1.165, 1.54) is 43.5 Å². The van der Waals surface area contributed by atoms with Crippen molar-refractivity contribution in [2.24, 2.45) is 17.8 Å². The summed E-state index contributed by atoms with van der Waals surface area (Å²) in [5.74, 6) is 0.705. The maximum absolute atomic E-state index is 13.7. The summed E-state index contributed by atoms with van der Waals surface area (Å²) in [4.78, 5) is 24.2. The average molecular weight is 392 g/mol. The molecule has 1 amide bonds. The summed E-state index contributed by atoms with van der Waals surface area (Å²) >= 11 is 5.91. The first-order valence-electron chi connectivity index (χ1n) is 9.52. The number of amides is 1. The van der Waals surface area contributed by atoms with Crippen LogP contribution in [0.3, 0.4) is 0 Å². The predicted molar refractivity (Wildman–Crippen MR) is 100 cm³/mol. The highest BCUT2D eigenvalue weighted by molar-refractivity contribution is 6.32. The fraction of sp³-hybridized carbons (Fsp3) is 0.524. The first-order valence-corrected chi connectivity index (χ1v) is 9.90. The molecule has 1 aromatic rings. The molecule has 0 radical (unpaired) electrons. The number of ether oxygens (including phenoxy) is 1. The van der Waals surface area contributed by atoms with Crippen LogP contribution in [0.1, 0.15) is 44.1 Å². The number of esters is 1. The topological polar surface area (TPSA) is 55.4 Å². The Labute approximate surface area is 163 Å². The highest BCUT2D eigenvalue weighted by Crippen LogP contribution is 2.55. The summed E-state index contributed by atoms with van der Waals surface area (Å²) in [6.45, 7) is -0.323. The van der Waals surface area contributed by atoms with E-state index in [9.17, 15) is 14.0 Å². The Morgan fingerprint density at radius 1 is 1.19 bits per heavy atom. The quantitative estimate of drug-likeness (QED) is 0.606. The molecule has 4 nitrogen and oxygen atoms in total. The van der Waals surface area contributed by atoms with Crippen LogP contribution >= 0.6 is 11.6 Å². The summed E-state index contributed by atoms with van der Waals surface area (Å²) in [6, 6.07) is 4.28. The molecule has 0 aliphatic heterocycles. The Morgan fingerprint density at radius 3 is 2.41 bits per heavy atom. The van der Waals surface area contributed by atoms with Gasteiger partial charge in [0.2, 0.25) is 0 Å². The lowest BCUT2D eigenvalue weighted by Gasteiger charge is -2.56. The van der Waals surface area contributed by atoms with Gasteiger partial charge in [0, 0.05) is 17.2 Å². The number of carbonyl (C=O) groups is 2. The Bertz CT molecular complexity index is 736. The zero-order chi connectivity index (χ0) is 19.0. The van der Waals surface area contributed by atoms with Crippen LogP contribution in [-0.2, 0) is 14.3 Å². The normalized spacial score (nSPS) is 31.3. The van der Waals surface area contributed by atoms with E-state index in [0.29, 0.717) is 0 Å². The first kappa shape index (κ1) is 18.5. The Kier molecular flexibility index (Phi) is 4.97. The van der Waals surface area contributed by atoms with Gasteiger partial charge < -0.3 is 10.1 Å². The lowest BCUT2D eigenvalue weighted by atomic mass is 9.53. The second-order valence-corrected chi connectivity index (χ2v) is 8.73. The summed E-state index contributed by atoms with van der Waals surface area (Å²) in [7, 11) is 0. The Balaban J connectivity index is 1.29. The van der Waals surface area contributed by atoms with Crippen molar-refractivity contribution in [1.29, 1.82) is 0 Å². The van der Waals surface area contributed by atoms with Gasteiger partial charge in [-0.25, -0.2) is 9.18 Å². The van der Waals surface area contributed by atoms with E-state index < -0.39 is 11.8 Å². The van der Waals surface area contributed by atoms with E-state index in [2.05, 4.69) is 5.32 Å². The monoisotopic (exact) mass is 391 g/mol. The molecule has 5 rings (SSSR count). The van der Waals surface area contributed by atoms with Crippen molar-refractivity contribution in [3.8, 4) is 0 Å². The van der Waals surface area contributed by atoms with E-state index in [4.69, 9.17) is 16.3 Å². The zero-order valence-electron chi connectivity index (χ0n) is 15.0. The van der Waals surface area contributed by atoms with Gasteiger partial charge >= 0.3 is 5.97 Å². The number of carbonyl (C=O) groups excluding carboxylic acids is 2. The van der Waals surface area contributed by atoms with Gasteiger partial charge in [-0.05, 0) is 74.5 Å². The summed E-state index contributed by atoms with van der Waals surface area (Å²) in [6.07, 6.45) is 9.38. The number of rotatable bonds is 5. The van der Waals surface area contributed by atoms with E-state index in [1.54, 1.807) is 0 Å². The molecule has 0 atom stereocenters. The van der Waals surface area contributed by atoms with Gasteiger partial charge in [0.25, 0.3) is 5.91 Å². The van der Waals surface area contributed by atoms with E-state index in [-0.39, 0.29) is 28.6 Å². The van der Waals surface area contributed by atoms with Gasteiger partial charge in [0.05, 0.1) is 5.02 Å². The third kappa shape index (κ3) is 4.03. The van der Waals surface area contributed by atoms with E-state index in [0.717, 1.165) is 43.1 Å². The van der Waals surface area contributed by atoms with Crippen molar-refractivity contribution in [2.45, 2.75) is 44.1 Å². The zero-order valence-corrected chi connectivity index (χ0v) is 15.8. The molecule has 0 saturated heterocycles. The smallest absolute Gasteiger partial charge is 0.331 e. The minimum Gasteiger partial charge on any atom is -0.452 e. The summed E-state index contributed by atoms with van der Waals surface area (Å²) in [5.41, 5.74) is 0.0172. The van der Waals surface area contributed by atoms with Crippen molar-refractivity contribution in [1.82, 2.24) is 5.32 Å². The standard InChI is InChI=1S/C21H23ClFNO3/c22-17-2-1-3-18(23)16(17)4-5-20(26)27-12-19(25)24-21-9-13-6-14(10-21)8-15(7-13)11-21/h1-5,13-15H,6-12H2,(H,24,25)/b5-4+. The molecule has 0 aromatic heterocycles. The van der Waals surface area contributed by atoms with Gasteiger partial charge in [-0.3, -0.25) is 4.79 Å². The fourth-order valence-electron chi connectivity index (χ4n) is 5.60. The molecule has 27 heavy (non-hydrogen) atoms. The number of nitrogens with one attached hydrogen (secondary N) is 1. The number of halogens is 2. The van der Waals surface area contributed by atoms with Crippen LogP contribution in [0, 0.1) is 23.6 Å². The lowest BCUT2D eigenvalue weighted by molar-refractivity contribution is -0.145. The maximum atomic E-state index is 13.7. The van der Waals surface area contributed by atoms with Crippen molar-refractivity contribution < 1.29 is 18.7 Å². The minimum absolute atomic E-state index is 0.102. The molecule has 4 fully saturated rings. The lowest BCUT2D eigenvalue weighted by Crippen LogP contribution is -2.60. The average Bonchev–Trinajstić information content (AvgIpc) is 2.58. The molecule has 0 unspecified atom stereocenters. The van der Waals surface area contributed by atoms with Crippen molar-refractivity contribution >= 4 is 29.6 Å². The highest BCUT2D eigenvalue weighted by atomic mass is 35.5. The second-order valence-electron chi connectivity index (χ2n) is 8.32. The van der Waals surface area contributed by atoms with Crippen LogP contribution in [0.25, 0.3) is 6.08 Å². The molecule has 6 heteroatoms. The third-order valence-corrected chi connectivity index (χ3v) is 6.50. The summed E-state index contributed by atoms with van der Waals surface area (Å²) < 4.78 is 18.7. The van der Waals surface area contributed by atoms with Crippen LogP contribution < -0.4 is 5.32 Å².